The quantitative estimate of drug-likeness (QED) is 0.162. The molecule has 0 spiro atoms. The van der Waals surface area contributed by atoms with Gasteiger partial charge in [0, 0.05) is 55.7 Å². The van der Waals surface area contributed by atoms with E-state index >= 15 is 0 Å². The average Bonchev–Trinajstić information content (AvgIpc) is 3.47. The van der Waals surface area contributed by atoms with Crippen molar-refractivity contribution in [2.75, 3.05) is 10.2 Å². The van der Waals surface area contributed by atoms with Crippen molar-refractivity contribution in [2.24, 2.45) is 0 Å². The van der Waals surface area contributed by atoms with E-state index in [4.69, 9.17) is 9.72 Å². The zero-order valence-corrected chi connectivity index (χ0v) is 38.4. The molecule has 7 aromatic rings. The third-order valence-electron chi connectivity index (χ3n) is 10.8. The van der Waals surface area contributed by atoms with Crippen LogP contribution in [0, 0.1) is 19.2 Å². The maximum Gasteiger partial charge on any atom is 0.135 e. The van der Waals surface area contributed by atoms with Crippen molar-refractivity contribution in [3.05, 3.63) is 151 Å². The van der Waals surface area contributed by atoms with Crippen molar-refractivity contribution in [2.45, 2.75) is 105 Å². The summed E-state index contributed by atoms with van der Waals surface area (Å²) in [5.41, 5.74) is 10.3. The van der Waals surface area contributed by atoms with E-state index in [0.29, 0.717) is 11.5 Å². The number of nitrogens with zero attached hydrogens (tertiary/aromatic N) is 3. The fourth-order valence-corrected chi connectivity index (χ4v) is 7.14. The van der Waals surface area contributed by atoms with Gasteiger partial charge in [-0.05, 0) is 86.2 Å². The summed E-state index contributed by atoms with van der Waals surface area (Å²) in [6, 6.07) is 43.6. The molecule has 0 bridgehead atoms. The SMILES string of the molecule is [CH2-]N(c1[c-]c(Oc2[c-]c3c(cc2)c2ccccc2n3-c2cc(C(C)(C)C)ccn2)cc(C(C)(C)C)c1)c1cc(C(C)(C)C)ccc1Nc1cccc(C(C)(C)C)c1.[Pt]. The molecule has 0 saturated heterocycles. The minimum atomic E-state index is -0.172. The van der Waals surface area contributed by atoms with Crippen LogP contribution in [0.15, 0.2) is 109 Å². The molecule has 2 aromatic heterocycles. The van der Waals surface area contributed by atoms with Gasteiger partial charge in [-0.15, -0.1) is 47.0 Å². The average molecular weight is 949 g/mol. The van der Waals surface area contributed by atoms with Crippen LogP contribution in [0.5, 0.6) is 11.5 Å². The topological polar surface area (TPSA) is 42.3 Å². The first-order valence-electron chi connectivity index (χ1n) is 20.0. The van der Waals surface area contributed by atoms with Crippen LogP contribution in [-0.2, 0) is 42.7 Å². The van der Waals surface area contributed by atoms with Gasteiger partial charge in [0.1, 0.15) is 5.82 Å². The maximum atomic E-state index is 6.75. The Labute approximate surface area is 361 Å². The fourth-order valence-electron chi connectivity index (χ4n) is 7.14. The molecule has 6 heteroatoms. The summed E-state index contributed by atoms with van der Waals surface area (Å²) in [5.74, 6) is 2.04. The van der Waals surface area contributed by atoms with Crippen molar-refractivity contribution in [3.63, 3.8) is 0 Å². The number of nitrogens with one attached hydrogen (secondary N) is 1. The second-order valence-electron chi connectivity index (χ2n) is 19.4. The van der Waals surface area contributed by atoms with Gasteiger partial charge in [0.15, 0.2) is 0 Å². The summed E-state index contributed by atoms with van der Waals surface area (Å²) < 4.78 is 8.94. The Morgan fingerprint density at radius 1 is 0.603 bits per heavy atom. The van der Waals surface area contributed by atoms with Gasteiger partial charge in [0.05, 0.1) is 5.69 Å². The largest absolute Gasteiger partial charge is 0.515 e. The van der Waals surface area contributed by atoms with Crippen LogP contribution in [0.25, 0.3) is 27.6 Å². The van der Waals surface area contributed by atoms with Crippen LogP contribution in [0.1, 0.15) is 105 Å². The van der Waals surface area contributed by atoms with Crippen molar-refractivity contribution in [1.82, 2.24) is 9.55 Å². The van der Waals surface area contributed by atoms with Gasteiger partial charge < -0.3 is 19.5 Å². The first-order valence-corrected chi connectivity index (χ1v) is 20.0. The van der Waals surface area contributed by atoms with Crippen molar-refractivity contribution in [3.8, 4) is 17.3 Å². The molecule has 5 nitrogen and oxygen atoms in total. The number of pyridine rings is 1. The summed E-state index contributed by atoms with van der Waals surface area (Å²) in [5, 5.41) is 5.96. The van der Waals surface area contributed by atoms with Crippen molar-refractivity contribution >= 4 is 44.6 Å². The molecule has 58 heavy (non-hydrogen) atoms. The summed E-state index contributed by atoms with van der Waals surface area (Å²) in [7, 11) is 4.66. The number of benzene rings is 5. The van der Waals surface area contributed by atoms with Crippen molar-refractivity contribution in [1.29, 1.82) is 0 Å². The minimum Gasteiger partial charge on any atom is -0.515 e. The zero-order valence-electron chi connectivity index (χ0n) is 36.2. The molecule has 7 rings (SSSR count). The number of rotatable bonds is 7. The number of aromatic nitrogens is 2. The van der Waals surface area contributed by atoms with Gasteiger partial charge in [-0.3, -0.25) is 7.05 Å². The molecule has 0 aliphatic rings. The van der Waals surface area contributed by atoms with E-state index < -0.39 is 0 Å². The van der Waals surface area contributed by atoms with Crippen LogP contribution in [0.4, 0.5) is 22.7 Å². The van der Waals surface area contributed by atoms with Crippen LogP contribution in [0.2, 0.25) is 0 Å². The van der Waals surface area contributed by atoms with E-state index in [1.54, 1.807) is 0 Å². The fraction of sp³-hybridized carbons (Fsp3) is 0.308. The predicted molar refractivity (Wildman–Crippen MR) is 241 cm³/mol. The molecule has 0 radical (unpaired) electrons. The zero-order chi connectivity index (χ0) is 41.1. The molecule has 0 saturated carbocycles. The maximum absolute atomic E-state index is 6.75. The Morgan fingerprint density at radius 2 is 1.26 bits per heavy atom. The van der Waals surface area contributed by atoms with E-state index in [1.165, 1.54) is 16.7 Å². The summed E-state index contributed by atoms with van der Waals surface area (Å²) in [6.45, 7) is 26.8. The van der Waals surface area contributed by atoms with Crippen LogP contribution < -0.4 is 15.0 Å². The van der Waals surface area contributed by atoms with Gasteiger partial charge in [-0.1, -0.05) is 125 Å². The monoisotopic (exact) mass is 948 g/mol. The Bertz CT molecular complexity index is 2590. The molecule has 5 aromatic carbocycles. The van der Waals surface area contributed by atoms with E-state index in [0.717, 1.165) is 55.9 Å². The number of fused-ring (bicyclic) bond motifs is 3. The van der Waals surface area contributed by atoms with E-state index in [-0.39, 0.29) is 42.7 Å². The second kappa shape index (κ2) is 15.7. The van der Waals surface area contributed by atoms with E-state index in [2.05, 4.69) is 209 Å². The molecular weight excluding hydrogens is 892 g/mol. The molecule has 0 aliphatic carbocycles. The molecule has 0 aliphatic heterocycles. The predicted octanol–water partition coefficient (Wildman–Crippen LogP) is 14.4. The smallest absolute Gasteiger partial charge is 0.135 e. The molecule has 0 fully saturated rings. The summed E-state index contributed by atoms with van der Waals surface area (Å²) >= 11 is 0. The van der Waals surface area contributed by atoms with Gasteiger partial charge >= 0.3 is 0 Å². The molecule has 2 heterocycles. The normalized spacial score (nSPS) is 12.4. The van der Waals surface area contributed by atoms with Gasteiger partial charge in [0.25, 0.3) is 0 Å². The Morgan fingerprint density at radius 3 is 1.95 bits per heavy atom. The van der Waals surface area contributed by atoms with E-state index in [9.17, 15) is 0 Å². The van der Waals surface area contributed by atoms with Gasteiger partial charge in [-0.25, -0.2) is 4.98 Å². The third-order valence-corrected chi connectivity index (χ3v) is 10.8. The van der Waals surface area contributed by atoms with Crippen LogP contribution in [0.3, 0.4) is 0 Å². The summed E-state index contributed by atoms with van der Waals surface area (Å²) in [4.78, 5) is 6.83. The summed E-state index contributed by atoms with van der Waals surface area (Å²) in [6.07, 6.45) is 1.90. The van der Waals surface area contributed by atoms with Gasteiger partial charge in [-0.2, -0.15) is 6.07 Å². The number of ether oxygens (including phenoxy) is 1. The van der Waals surface area contributed by atoms with Crippen LogP contribution in [-0.4, -0.2) is 9.55 Å². The molecule has 304 valence electrons. The molecule has 0 amide bonds. The molecular formula is C52H57N4OPt-3. The minimum absolute atomic E-state index is 0. The molecule has 0 unspecified atom stereocenters. The third kappa shape index (κ3) is 8.91. The Balaban J connectivity index is 0.00000567. The number of anilines is 4. The van der Waals surface area contributed by atoms with Gasteiger partial charge in [0.2, 0.25) is 0 Å². The number of para-hydroxylation sites is 1. The second-order valence-corrected chi connectivity index (χ2v) is 19.4. The number of hydrogen-bond donors (Lipinski definition) is 1. The van der Waals surface area contributed by atoms with E-state index in [1.807, 2.05) is 17.2 Å². The molecule has 0 atom stereocenters. The first kappa shape index (κ1) is 42.7. The molecule has 1 N–H and O–H groups in total. The number of hydrogen-bond acceptors (Lipinski definition) is 4. The Kier molecular flexibility index (Phi) is 11.6. The standard InChI is InChI=1S/C52H57N4O.Pt/c1-49(2,3)34-17-16-18-38(27-34)54-44-24-21-35(50(4,5)6)30-47(44)55(13)39-28-37(52(10,11)12)29-41(32-39)57-40-22-23-43-42-19-14-15-20-45(42)56(46(43)33-40)48-31-36(25-26-53-48)51(7,8)9;/h14-31,54H,13H2,1-12H3;/q-3;. The van der Waals surface area contributed by atoms with Crippen LogP contribution >= 0.6 is 0 Å². The first-order chi connectivity index (χ1) is 26.7. The Hall–Kier alpha value is -4.86. The van der Waals surface area contributed by atoms with Crippen molar-refractivity contribution < 1.29 is 25.8 Å².